The Hall–Kier alpha value is -1.39. The van der Waals surface area contributed by atoms with Gasteiger partial charge >= 0.3 is 5.97 Å². The molecule has 1 heterocycles. The molecule has 0 fully saturated rings. The van der Waals surface area contributed by atoms with Gasteiger partial charge in [-0.05, 0) is 25.7 Å². The van der Waals surface area contributed by atoms with Crippen LogP contribution in [-0.2, 0) is 17.6 Å². The van der Waals surface area contributed by atoms with Gasteiger partial charge in [-0.25, -0.2) is 4.68 Å². The van der Waals surface area contributed by atoms with Gasteiger partial charge in [-0.15, -0.1) is 5.10 Å². The number of rotatable bonds is 3. The molecule has 2 atom stereocenters. The van der Waals surface area contributed by atoms with Crippen LogP contribution < -0.4 is 0 Å². The molecule has 1 aromatic rings. The van der Waals surface area contributed by atoms with E-state index in [-0.39, 0.29) is 12.0 Å². The van der Waals surface area contributed by atoms with Crippen molar-refractivity contribution in [2.45, 2.75) is 46.1 Å². The Bertz CT molecular complexity index is 425. The van der Waals surface area contributed by atoms with Crippen molar-refractivity contribution in [3.63, 3.8) is 0 Å². The summed E-state index contributed by atoms with van der Waals surface area (Å²) in [5.41, 5.74) is 2.00. The minimum absolute atomic E-state index is 0.263. The van der Waals surface area contributed by atoms with Crippen molar-refractivity contribution >= 4 is 5.97 Å². The van der Waals surface area contributed by atoms with Gasteiger partial charge in [-0.2, -0.15) is 0 Å². The Labute approximate surface area is 101 Å². The number of hydrogen-bond donors (Lipinski definition) is 1. The van der Waals surface area contributed by atoms with Crippen LogP contribution in [-0.4, -0.2) is 26.1 Å². The number of hydrogen-bond acceptors (Lipinski definition) is 3. The first-order valence-corrected chi connectivity index (χ1v) is 6.16. The van der Waals surface area contributed by atoms with Crippen LogP contribution >= 0.6 is 0 Å². The first kappa shape index (κ1) is 12.1. The highest BCUT2D eigenvalue weighted by molar-refractivity contribution is 5.70. The van der Waals surface area contributed by atoms with E-state index < -0.39 is 5.97 Å². The molecule has 1 aliphatic rings. The second kappa shape index (κ2) is 4.47. The summed E-state index contributed by atoms with van der Waals surface area (Å²) in [7, 11) is 0. The van der Waals surface area contributed by atoms with Gasteiger partial charge in [0.1, 0.15) is 0 Å². The lowest BCUT2D eigenvalue weighted by Crippen LogP contribution is -2.25. The van der Waals surface area contributed by atoms with Crippen LogP contribution in [0.3, 0.4) is 0 Å². The number of carbonyl (C=O) groups is 1. The van der Waals surface area contributed by atoms with E-state index in [1.54, 1.807) is 0 Å². The largest absolute Gasteiger partial charge is 0.481 e. The molecule has 0 amide bonds. The zero-order valence-corrected chi connectivity index (χ0v) is 10.6. The summed E-state index contributed by atoms with van der Waals surface area (Å²) in [5, 5.41) is 17.5. The third-order valence-corrected chi connectivity index (χ3v) is 3.74. The lowest BCUT2D eigenvalue weighted by molar-refractivity contribution is -0.142. The van der Waals surface area contributed by atoms with Crippen molar-refractivity contribution < 1.29 is 9.90 Å². The van der Waals surface area contributed by atoms with E-state index in [0.717, 1.165) is 17.8 Å². The molecular formula is C12H19N3O2. The van der Waals surface area contributed by atoms with Gasteiger partial charge in [-0.1, -0.05) is 19.1 Å². The first-order chi connectivity index (χ1) is 8.00. The molecule has 1 aliphatic carbocycles. The fourth-order valence-corrected chi connectivity index (χ4v) is 2.22. The van der Waals surface area contributed by atoms with Crippen molar-refractivity contribution in [1.29, 1.82) is 0 Å². The Morgan fingerprint density at radius 3 is 2.76 bits per heavy atom. The molecular weight excluding hydrogens is 218 g/mol. The Morgan fingerprint density at radius 1 is 1.47 bits per heavy atom. The summed E-state index contributed by atoms with van der Waals surface area (Å²) < 4.78 is 1.91. The van der Waals surface area contributed by atoms with Crippen LogP contribution in [0.15, 0.2) is 0 Å². The number of aryl methyl sites for hydroxylation is 1. The maximum absolute atomic E-state index is 11.1. The van der Waals surface area contributed by atoms with Crippen LogP contribution in [0.4, 0.5) is 0 Å². The Kier molecular flexibility index (Phi) is 3.17. The second-order valence-electron chi connectivity index (χ2n) is 5.19. The van der Waals surface area contributed by atoms with Crippen molar-refractivity contribution in [2.75, 3.05) is 0 Å². The van der Waals surface area contributed by atoms with Crippen LogP contribution in [0.2, 0.25) is 0 Å². The number of carboxylic acid groups (broad SMARTS) is 1. The van der Waals surface area contributed by atoms with Crippen molar-refractivity contribution in [3.05, 3.63) is 11.4 Å². The molecule has 5 nitrogen and oxygen atoms in total. The monoisotopic (exact) mass is 237 g/mol. The standard InChI is InChI=1S/C12H19N3O2/c1-7(2)8(3)15-11-6-9(12(16)17)4-5-10(11)13-14-15/h7-9H,4-6H2,1-3H3,(H,16,17)/t8-,9-/m1/s1. The van der Waals surface area contributed by atoms with Gasteiger partial charge in [0.05, 0.1) is 23.3 Å². The molecule has 17 heavy (non-hydrogen) atoms. The van der Waals surface area contributed by atoms with Crippen LogP contribution in [0.5, 0.6) is 0 Å². The second-order valence-corrected chi connectivity index (χ2v) is 5.19. The third kappa shape index (κ3) is 2.18. The lowest BCUT2D eigenvalue weighted by atomic mass is 9.89. The predicted octanol–water partition coefficient (Wildman–Crippen LogP) is 1.68. The summed E-state index contributed by atoms with van der Waals surface area (Å²) in [4.78, 5) is 11.1. The summed E-state index contributed by atoms with van der Waals surface area (Å²) in [5.74, 6) is -0.522. The predicted molar refractivity (Wildman–Crippen MR) is 62.7 cm³/mol. The van der Waals surface area contributed by atoms with Gasteiger partial charge in [0.25, 0.3) is 0 Å². The van der Waals surface area contributed by atoms with E-state index in [9.17, 15) is 4.79 Å². The van der Waals surface area contributed by atoms with Crippen LogP contribution in [0, 0.1) is 11.8 Å². The first-order valence-electron chi connectivity index (χ1n) is 6.16. The zero-order valence-electron chi connectivity index (χ0n) is 10.6. The van der Waals surface area contributed by atoms with Crippen molar-refractivity contribution in [2.24, 2.45) is 11.8 Å². The summed E-state index contributed by atoms with van der Waals surface area (Å²) in [6.07, 6.45) is 1.98. The molecule has 0 radical (unpaired) electrons. The molecule has 0 aliphatic heterocycles. The summed E-state index contributed by atoms with van der Waals surface area (Å²) in [6.45, 7) is 6.37. The fraction of sp³-hybridized carbons (Fsp3) is 0.750. The zero-order chi connectivity index (χ0) is 12.6. The van der Waals surface area contributed by atoms with Gasteiger partial charge < -0.3 is 5.11 Å². The number of nitrogens with zero attached hydrogens (tertiary/aromatic N) is 3. The molecule has 1 N–H and O–H groups in total. The van der Waals surface area contributed by atoms with Crippen molar-refractivity contribution in [3.8, 4) is 0 Å². The highest BCUT2D eigenvalue weighted by atomic mass is 16.4. The van der Waals surface area contributed by atoms with Gasteiger partial charge in [0, 0.05) is 6.42 Å². The van der Waals surface area contributed by atoms with Gasteiger partial charge in [-0.3, -0.25) is 4.79 Å². The van der Waals surface area contributed by atoms with Crippen molar-refractivity contribution in [1.82, 2.24) is 15.0 Å². The molecule has 94 valence electrons. The van der Waals surface area contributed by atoms with E-state index in [4.69, 9.17) is 5.11 Å². The van der Waals surface area contributed by atoms with Gasteiger partial charge in [0.15, 0.2) is 0 Å². The average Bonchev–Trinajstić information content (AvgIpc) is 2.70. The molecule has 0 bridgehead atoms. The van der Waals surface area contributed by atoms with Crippen LogP contribution in [0.1, 0.15) is 44.6 Å². The molecule has 0 saturated heterocycles. The smallest absolute Gasteiger partial charge is 0.306 e. The maximum Gasteiger partial charge on any atom is 0.306 e. The Morgan fingerprint density at radius 2 is 2.18 bits per heavy atom. The van der Waals surface area contributed by atoms with Crippen LogP contribution in [0.25, 0.3) is 0 Å². The SMILES string of the molecule is CC(C)[C@@H](C)n1nnc2c1C[C@H](C(=O)O)CC2. The highest BCUT2D eigenvalue weighted by Gasteiger charge is 2.29. The van der Waals surface area contributed by atoms with E-state index in [1.165, 1.54) is 0 Å². The number of aliphatic carboxylic acids is 1. The Balaban J connectivity index is 2.28. The van der Waals surface area contributed by atoms with E-state index in [0.29, 0.717) is 18.8 Å². The number of carboxylic acids is 1. The van der Waals surface area contributed by atoms with E-state index in [1.807, 2.05) is 4.68 Å². The molecule has 0 aromatic carbocycles. The van der Waals surface area contributed by atoms with E-state index in [2.05, 4.69) is 31.1 Å². The average molecular weight is 237 g/mol. The van der Waals surface area contributed by atoms with E-state index >= 15 is 0 Å². The minimum atomic E-state index is -0.708. The molecule has 0 spiro atoms. The molecule has 0 unspecified atom stereocenters. The number of fused-ring (bicyclic) bond motifs is 1. The molecule has 1 aromatic heterocycles. The summed E-state index contributed by atoms with van der Waals surface area (Å²) in [6, 6.07) is 0.263. The molecule has 5 heteroatoms. The highest BCUT2D eigenvalue weighted by Crippen LogP contribution is 2.27. The molecule has 0 saturated carbocycles. The normalized spacial score (nSPS) is 21.3. The topological polar surface area (TPSA) is 68.0 Å². The lowest BCUT2D eigenvalue weighted by Gasteiger charge is -2.22. The fourth-order valence-electron chi connectivity index (χ4n) is 2.22. The summed E-state index contributed by atoms with van der Waals surface area (Å²) >= 11 is 0. The molecule has 2 rings (SSSR count). The number of aromatic nitrogens is 3. The maximum atomic E-state index is 11.1. The minimum Gasteiger partial charge on any atom is -0.481 e. The third-order valence-electron chi connectivity index (χ3n) is 3.74. The van der Waals surface area contributed by atoms with Gasteiger partial charge in [0.2, 0.25) is 0 Å². The quantitative estimate of drug-likeness (QED) is 0.868.